The molecular formula is C10H9BrN4O3. The molecule has 8 heteroatoms. The van der Waals surface area contributed by atoms with E-state index in [1.807, 2.05) is 0 Å². The van der Waals surface area contributed by atoms with Crippen molar-refractivity contribution in [1.29, 1.82) is 0 Å². The van der Waals surface area contributed by atoms with E-state index in [1.54, 1.807) is 18.3 Å². The zero-order chi connectivity index (χ0) is 13.1. The monoisotopic (exact) mass is 312 g/mol. The average molecular weight is 313 g/mol. The number of hydrogen-bond acceptors (Lipinski definition) is 5. The minimum absolute atomic E-state index is 0.0830. The van der Waals surface area contributed by atoms with Gasteiger partial charge in [-0.05, 0) is 12.1 Å². The Morgan fingerprint density at radius 2 is 2.33 bits per heavy atom. The molecule has 0 aliphatic heterocycles. The van der Waals surface area contributed by atoms with E-state index in [-0.39, 0.29) is 5.69 Å². The number of nitrogens with zero attached hydrogens (tertiary/aromatic N) is 4. The smallest absolute Gasteiger partial charge is 0.298 e. The molecule has 0 N–H and O–H groups in total. The Bertz CT molecular complexity index is 584. The number of methoxy groups -OCH3 is 1. The lowest BCUT2D eigenvalue weighted by molar-refractivity contribution is -0.384. The predicted octanol–water partition coefficient (Wildman–Crippen LogP) is 2.08. The van der Waals surface area contributed by atoms with Crippen molar-refractivity contribution >= 4 is 21.6 Å². The van der Waals surface area contributed by atoms with E-state index in [0.717, 1.165) is 0 Å². The van der Waals surface area contributed by atoms with Crippen LogP contribution < -0.4 is 4.74 Å². The van der Waals surface area contributed by atoms with E-state index in [0.29, 0.717) is 22.5 Å². The minimum atomic E-state index is -0.479. The molecule has 2 aromatic rings. The van der Waals surface area contributed by atoms with Crippen molar-refractivity contribution in [3.8, 4) is 11.4 Å². The molecule has 0 radical (unpaired) electrons. The molecule has 1 aromatic heterocycles. The van der Waals surface area contributed by atoms with Crippen LogP contribution in [-0.4, -0.2) is 27.0 Å². The lowest BCUT2D eigenvalue weighted by Gasteiger charge is -2.04. The van der Waals surface area contributed by atoms with Gasteiger partial charge < -0.3 is 4.74 Å². The van der Waals surface area contributed by atoms with Gasteiger partial charge >= 0.3 is 0 Å². The molecule has 0 aliphatic carbocycles. The highest BCUT2D eigenvalue weighted by Crippen LogP contribution is 2.27. The van der Waals surface area contributed by atoms with E-state index in [9.17, 15) is 10.1 Å². The first-order valence-corrected chi connectivity index (χ1v) is 6.08. The lowest BCUT2D eigenvalue weighted by Crippen LogP contribution is -2.01. The van der Waals surface area contributed by atoms with Gasteiger partial charge in [-0.15, -0.1) is 5.10 Å². The van der Waals surface area contributed by atoms with Crippen LogP contribution in [0.15, 0.2) is 24.4 Å². The van der Waals surface area contributed by atoms with Crippen LogP contribution in [0.2, 0.25) is 0 Å². The third-order valence-electron chi connectivity index (χ3n) is 2.30. The summed E-state index contributed by atoms with van der Waals surface area (Å²) >= 11 is 3.24. The zero-order valence-corrected chi connectivity index (χ0v) is 11.0. The highest BCUT2D eigenvalue weighted by atomic mass is 79.9. The van der Waals surface area contributed by atoms with Crippen LogP contribution in [0.25, 0.3) is 5.69 Å². The number of nitro groups is 1. The van der Waals surface area contributed by atoms with Crippen LogP contribution >= 0.6 is 15.9 Å². The van der Waals surface area contributed by atoms with E-state index in [4.69, 9.17) is 4.74 Å². The number of nitro benzene ring substituents is 1. The van der Waals surface area contributed by atoms with E-state index >= 15 is 0 Å². The second kappa shape index (κ2) is 5.13. The Balaban J connectivity index is 2.52. The maximum absolute atomic E-state index is 11.0. The van der Waals surface area contributed by atoms with Gasteiger partial charge in [0.15, 0.2) is 0 Å². The molecule has 0 saturated carbocycles. The number of halogens is 1. The normalized spacial score (nSPS) is 10.3. The van der Waals surface area contributed by atoms with Gasteiger partial charge in [-0.3, -0.25) is 10.1 Å². The topological polar surface area (TPSA) is 83.1 Å². The molecule has 2 rings (SSSR count). The van der Waals surface area contributed by atoms with Crippen LogP contribution in [0.4, 0.5) is 5.69 Å². The Kier molecular flexibility index (Phi) is 3.56. The molecule has 0 bridgehead atoms. The molecule has 0 aliphatic rings. The summed E-state index contributed by atoms with van der Waals surface area (Å²) in [5.41, 5.74) is 0.959. The van der Waals surface area contributed by atoms with Gasteiger partial charge in [0.05, 0.1) is 30.0 Å². The molecule has 94 valence electrons. The quantitative estimate of drug-likeness (QED) is 0.490. The van der Waals surface area contributed by atoms with Crippen LogP contribution in [0.5, 0.6) is 5.75 Å². The summed E-state index contributed by atoms with van der Waals surface area (Å²) in [5.74, 6) is 0.422. The van der Waals surface area contributed by atoms with Gasteiger partial charge in [0.1, 0.15) is 11.4 Å². The Labute approximate surface area is 111 Å². The van der Waals surface area contributed by atoms with Crippen molar-refractivity contribution in [2.45, 2.75) is 5.33 Å². The molecule has 0 atom stereocenters. The van der Waals surface area contributed by atoms with E-state index in [2.05, 4.69) is 26.2 Å². The molecule has 7 nitrogen and oxygen atoms in total. The average Bonchev–Trinajstić information content (AvgIpc) is 2.86. The van der Waals surface area contributed by atoms with Gasteiger partial charge in [-0.25, -0.2) is 4.68 Å². The summed E-state index contributed by atoms with van der Waals surface area (Å²) in [6.45, 7) is 0. The van der Waals surface area contributed by atoms with Crippen LogP contribution in [0.3, 0.4) is 0 Å². The van der Waals surface area contributed by atoms with Gasteiger partial charge in [-0.2, -0.15) is 0 Å². The van der Waals surface area contributed by atoms with Crippen molar-refractivity contribution in [1.82, 2.24) is 15.0 Å². The second-order valence-corrected chi connectivity index (χ2v) is 3.96. The Hall–Kier alpha value is -1.96. The molecular weight excluding hydrogens is 304 g/mol. The number of rotatable bonds is 4. The van der Waals surface area contributed by atoms with Crippen LogP contribution in [0.1, 0.15) is 5.69 Å². The molecule has 0 amide bonds. The fraction of sp³-hybridized carbons (Fsp3) is 0.200. The number of hydrogen-bond donors (Lipinski definition) is 0. The van der Waals surface area contributed by atoms with Crippen LogP contribution in [0, 0.1) is 10.1 Å². The number of aromatic nitrogens is 3. The minimum Gasteiger partial charge on any atom is -0.496 e. The van der Waals surface area contributed by atoms with Gasteiger partial charge in [0, 0.05) is 5.33 Å². The molecule has 18 heavy (non-hydrogen) atoms. The summed E-state index contributed by atoms with van der Waals surface area (Å²) in [6, 6.07) is 4.56. The number of alkyl halides is 1. The molecule has 0 spiro atoms. The molecule has 0 unspecified atom stereocenters. The number of ether oxygens (including phenoxy) is 1. The van der Waals surface area contributed by atoms with Gasteiger partial charge in [-0.1, -0.05) is 21.1 Å². The maximum atomic E-state index is 11.0. The molecule has 0 saturated heterocycles. The third kappa shape index (κ3) is 2.33. The highest BCUT2D eigenvalue weighted by molar-refractivity contribution is 9.08. The second-order valence-electron chi connectivity index (χ2n) is 3.40. The first kappa shape index (κ1) is 12.5. The van der Waals surface area contributed by atoms with Crippen molar-refractivity contribution in [3.63, 3.8) is 0 Å². The van der Waals surface area contributed by atoms with Crippen LogP contribution in [-0.2, 0) is 5.33 Å². The number of benzene rings is 1. The molecule has 0 fully saturated rings. The molecule has 1 heterocycles. The van der Waals surface area contributed by atoms with Crippen molar-refractivity contribution in [2.75, 3.05) is 7.11 Å². The summed E-state index contributed by atoms with van der Waals surface area (Å²) in [5, 5.41) is 19.3. The van der Waals surface area contributed by atoms with Crippen molar-refractivity contribution in [2.24, 2.45) is 0 Å². The largest absolute Gasteiger partial charge is 0.496 e. The summed E-state index contributed by atoms with van der Waals surface area (Å²) < 4.78 is 6.33. The SMILES string of the molecule is COc1ccc(-n2cc(CBr)nn2)c([N+](=O)[O-])c1. The zero-order valence-electron chi connectivity index (χ0n) is 9.41. The van der Waals surface area contributed by atoms with Gasteiger partial charge in [0.2, 0.25) is 0 Å². The Morgan fingerprint density at radius 3 is 2.89 bits per heavy atom. The molecule has 1 aromatic carbocycles. The van der Waals surface area contributed by atoms with Gasteiger partial charge in [0.25, 0.3) is 5.69 Å². The maximum Gasteiger partial charge on any atom is 0.298 e. The predicted molar refractivity (Wildman–Crippen MR) is 67.2 cm³/mol. The summed E-state index contributed by atoms with van der Waals surface area (Å²) in [4.78, 5) is 10.5. The van der Waals surface area contributed by atoms with Crippen molar-refractivity contribution < 1.29 is 9.66 Å². The fourth-order valence-corrected chi connectivity index (χ4v) is 1.70. The fourth-order valence-electron chi connectivity index (χ4n) is 1.45. The Morgan fingerprint density at radius 1 is 1.56 bits per heavy atom. The standard InChI is InChI=1S/C10H9BrN4O3/c1-18-8-2-3-9(10(4-8)15(16)17)14-6-7(5-11)12-13-14/h2-4,6H,5H2,1H3. The first-order chi connectivity index (χ1) is 8.65. The van der Waals surface area contributed by atoms with E-state index < -0.39 is 4.92 Å². The third-order valence-corrected chi connectivity index (χ3v) is 2.88. The van der Waals surface area contributed by atoms with E-state index in [1.165, 1.54) is 17.9 Å². The summed E-state index contributed by atoms with van der Waals surface area (Å²) in [6.07, 6.45) is 1.63. The first-order valence-electron chi connectivity index (χ1n) is 4.95. The van der Waals surface area contributed by atoms with Crippen molar-refractivity contribution in [3.05, 3.63) is 40.2 Å². The summed E-state index contributed by atoms with van der Waals surface area (Å²) in [7, 11) is 1.46. The lowest BCUT2D eigenvalue weighted by atomic mass is 10.2. The highest BCUT2D eigenvalue weighted by Gasteiger charge is 2.17.